The van der Waals surface area contributed by atoms with Crippen LogP contribution >= 0.6 is 0 Å². The first-order valence-corrected chi connectivity index (χ1v) is 5.71. The standard InChI is InChI=1S/C14H20O2/c1-10(2)9-12-5-7-13(8-6-12)11(3)14(15)16-4/h5-8,10-11H,9H2,1-4H3/t11-/m1/s1. The fraction of sp³-hybridized carbons (Fsp3) is 0.500. The first kappa shape index (κ1) is 12.8. The van der Waals surface area contributed by atoms with E-state index in [1.807, 2.05) is 19.1 Å². The van der Waals surface area contributed by atoms with Crippen molar-refractivity contribution in [1.82, 2.24) is 0 Å². The molecule has 88 valence electrons. The molecule has 1 aromatic carbocycles. The summed E-state index contributed by atoms with van der Waals surface area (Å²) in [6.07, 6.45) is 1.08. The Morgan fingerprint density at radius 1 is 1.19 bits per heavy atom. The van der Waals surface area contributed by atoms with Crippen LogP contribution in [0.1, 0.15) is 37.8 Å². The Kier molecular flexibility index (Phi) is 4.53. The predicted octanol–water partition coefficient (Wildman–Crippen LogP) is 3.16. The van der Waals surface area contributed by atoms with Gasteiger partial charge in [-0.05, 0) is 30.4 Å². The van der Waals surface area contributed by atoms with Gasteiger partial charge >= 0.3 is 5.97 Å². The summed E-state index contributed by atoms with van der Waals surface area (Å²) in [5, 5.41) is 0. The molecule has 0 aromatic heterocycles. The fourth-order valence-electron chi connectivity index (χ4n) is 1.73. The molecule has 1 aromatic rings. The van der Waals surface area contributed by atoms with E-state index in [1.165, 1.54) is 12.7 Å². The first-order valence-electron chi connectivity index (χ1n) is 5.71. The van der Waals surface area contributed by atoms with E-state index in [-0.39, 0.29) is 11.9 Å². The highest BCUT2D eigenvalue weighted by Crippen LogP contribution is 2.18. The third-order valence-electron chi connectivity index (χ3n) is 2.68. The SMILES string of the molecule is COC(=O)[C@H](C)c1ccc(CC(C)C)cc1. The van der Waals surface area contributed by atoms with Gasteiger partial charge in [-0.3, -0.25) is 4.79 Å². The molecule has 0 heterocycles. The van der Waals surface area contributed by atoms with E-state index in [4.69, 9.17) is 4.74 Å². The molecular weight excluding hydrogens is 200 g/mol. The van der Waals surface area contributed by atoms with Crippen molar-refractivity contribution < 1.29 is 9.53 Å². The lowest BCUT2D eigenvalue weighted by Crippen LogP contribution is -2.10. The van der Waals surface area contributed by atoms with Crippen LogP contribution in [0.3, 0.4) is 0 Å². The quantitative estimate of drug-likeness (QED) is 0.728. The lowest BCUT2D eigenvalue weighted by molar-refractivity contribution is -0.141. The molecule has 0 aliphatic heterocycles. The number of hydrogen-bond acceptors (Lipinski definition) is 2. The summed E-state index contributed by atoms with van der Waals surface area (Å²) in [5.74, 6) is 0.290. The van der Waals surface area contributed by atoms with Gasteiger partial charge in [0.05, 0.1) is 13.0 Å². The monoisotopic (exact) mass is 220 g/mol. The minimum atomic E-state index is -0.184. The Bertz CT molecular complexity index is 338. The van der Waals surface area contributed by atoms with Crippen molar-refractivity contribution in [2.24, 2.45) is 5.92 Å². The van der Waals surface area contributed by atoms with Crippen LogP contribution in [0.15, 0.2) is 24.3 Å². The Morgan fingerprint density at radius 2 is 1.75 bits per heavy atom. The number of carbonyl (C=O) groups excluding carboxylic acids is 1. The highest BCUT2D eigenvalue weighted by Gasteiger charge is 2.14. The second kappa shape index (κ2) is 5.69. The average molecular weight is 220 g/mol. The highest BCUT2D eigenvalue weighted by molar-refractivity contribution is 5.77. The van der Waals surface area contributed by atoms with Gasteiger partial charge in [0.2, 0.25) is 0 Å². The van der Waals surface area contributed by atoms with E-state index in [0.717, 1.165) is 12.0 Å². The minimum Gasteiger partial charge on any atom is -0.469 e. The number of ether oxygens (including phenoxy) is 1. The first-order chi connectivity index (χ1) is 7.54. The van der Waals surface area contributed by atoms with E-state index in [0.29, 0.717) is 5.92 Å². The summed E-state index contributed by atoms with van der Waals surface area (Å²) in [4.78, 5) is 11.4. The van der Waals surface area contributed by atoms with Gasteiger partial charge in [-0.1, -0.05) is 38.1 Å². The molecule has 16 heavy (non-hydrogen) atoms. The van der Waals surface area contributed by atoms with Crippen molar-refractivity contribution in [1.29, 1.82) is 0 Å². The van der Waals surface area contributed by atoms with Crippen LogP contribution in [0.4, 0.5) is 0 Å². The molecule has 0 bridgehead atoms. The molecule has 0 unspecified atom stereocenters. The van der Waals surface area contributed by atoms with Crippen LogP contribution in [0.5, 0.6) is 0 Å². The predicted molar refractivity (Wildman–Crippen MR) is 65.4 cm³/mol. The van der Waals surface area contributed by atoms with E-state index < -0.39 is 0 Å². The molecule has 0 radical (unpaired) electrons. The summed E-state index contributed by atoms with van der Waals surface area (Å²) in [5.41, 5.74) is 2.33. The number of esters is 1. The molecule has 0 fully saturated rings. The van der Waals surface area contributed by atoms with Crippen molar-refractivity contribution in [2.45, 2.75) is 33.1 Å². The molecule has 0 N–H and O–H groups in total. The van der Waals surface area contributed by atoms with Crippen molar-refractivity contribution in [2.75, 3.05) is 7.11 Å². The normalized spacial score (nSPS) is 12.6. The summed E-state index contributed by atoms with van der Waals surface area (Å²) in [6, 6.07) is 8.21. The molecule has 2 heteroatoms. The topological polar surface area (TPSA) is 26.3 Å². The van der Waals surface area contributed by atoms with Crippen LogP contribution in [0.25, 0.3) is 0 Å². The zero-order valence-corrected chi connectivity index (χ0v) is 10.5. The summed E-state index contributed by atoms with van der Waals surface area (Å²) in [6.45, 7) is 6.26. The van der Waals surface area contributed by atoms with Gasteiger partial charge in [-0.15, -0.1) is 0 Å². The van der Waals surface area contributed by atoms with Crippen LogP contribution in [-0.2, 0) is 16.0 Å². The largest absolute Gasteiger partial charge is 0.469 e. The van der Waals surface area contributed by atoms with Crippen molar-refractivity contribution in [3.8, 4) is 0 Å². The molecule has 1 atom stereocenters. The van der Waals surface area contributed by atoms with E-state index in [9.17, 15) is 4.79 Å². The van der Waals surface area contributed by atoms with Gasteiger partial charge < -0.3 is 4.74 Å². The molecule has 0 saturated carbocycles. The lowest BCUT2D eigenvalue weighted by Gasteiger charge is -2.11. The molecule has 0 aliphatic rings. The van der Waals surface area contributed by atoms with Gasteiger partial charge in [0.15, 0.2) is 0 Å². The lowest BCUT2D eigenvalue weighted by atomic mass is 9.97. The molecular formula is C14H20O2. The van der Waals surface area contributed by atoms with E-state index in [1.54, 1.807) is 0 Å². The number of benzene rings is 1. The van der Waals surface area contributed by atoms with Gasteiger partial charge in [-0.25, -0.2) is 0 Å². The van der Waals surface area contributed by atoms with Crippen LogP contribution < -0.4 is 0 Å². The number of carbonyl (C=O) groups is 1. The van der Waals surface area contributed by atoms with Crippen molar-refractivity contribution in [3.63, 3.8) is 0 Å². The second-order valence-corrected chi connectivity index (χ2v) is 4.58. The number of methoxy groups -OCH3 is 1. The van der Waals surface area contributed by atoms with Crippen LogP contribution in [-0.4, -0.2) is 13.1 Å². The maximum atomic E-state index is 11.4. The maximum absolute atomic E-state index is 11.4. The average Bonchev–Trinajstić information content (AvgIpc) is 2.27. The van der Waals surface area contributed by atoms with E-state index in [2.05, 4.69) is 26.0 Å². The molecule has 0 aliphatic carbocycles. The van der Waals surface area contributed by atoms with Crippen molar-refractivity contribution >= 4 is 5.97 Å². The zero-order valence-electron chi connectivity index (χ0n) is 10.5. The zero-order chi connectivity index (χ0) is 12.1. The van der Waals surface area contributed by atoms with Gasteiger partial charge in [0.25, 0.3) is 0 Å². The van der Waals surface area contributed by atoms with Crippen LogP contribution in [0.2, 0.25) is 0 Å². The number of rotatable bonds is 4. The Labute approximate surface area is 97.6 Å². The Balaban J connectivity index is 2.74. The summed E-state index contributed by atoms with van der Waals surface area (Å²) in [7, 11) is 1.42. The summed E-state index contributed by atoms with van der Waals surface area (Å²) >= 11 is 0. The minimum absolute atomic E-state index is 0.182. The second-order valence-electron chi connectivity index (χ2n) is 4.58. The summed E-state index contributed by atoms with van der Waals surface area (Å²) < 4.78 is 4.72. The smallest absolute Gasteiger partial charge is 0.312 e. The Morgan fingerprint density at radius 3 is 2.19 bits per heavy atom. The molecule has 2 nitrogen and oxygen atoms in total. The van der Waals surface area contributed by atoms with Gasteiger partial charge in [0.1, 0.15) is 0 Å². The van der Waals surface area contributed by atoms with Crippen LogP contribution in [0, 0.1) is 5.92 Å². The molecule has 1 rings (SSSR count). The van der Waals surface area contributed by atoms with Gasteiger partial charge in [0, 0.05) is 0 Å². The van der Waals surface area contributed by atoms with Crippen molar-refractivity contribution in [3.05, 3.63) is 35.4 Å². The molecule has 0 amide bonds. The van der Waals surface area contributed by atoms with E-state index >= 15 is 0 Å². The Hall–Kier alpha value is -1.31. The van der Waals surface area contributed by atoms with Gasteiger partial charge in [-0.2, -0.15) is 0 Å². The maximum Gasteiger partial charge on any atom is 0.312 e. The fourth-order valence-corrected chi connectivity index (χ4v) is 1.73. The third-order valence-corrected chi connectivity index (χ3v) is 2.68. The molecule has 0 spiro atoms. The number of hydrogen-bond donors (Lipinski definition) is 0. The third kappa shape index (κ3) is 3.37. The molecule has 0 saturated heterocycles. The highest BCUT2D eigenvalue weighted by atomic mass is 16.5.